The number of hydrogen-bond donors (Lipinski definition) is 0. The molecule has 68 valence electrons. The quantitative estimate of drug-likeness (QED) is 0.645. The molecule has 0 fully saturated rings. The Morgan fingerprint density at radius 3 is 3.08 bits per heavy atom. The van der Waals surface area contributed by atoms with E-state index in [-0.39, 0.29) is 0 Å². The Bertz CT molecular complexity index is 307. The Kier molecular flexibility index (Phi) is 3.74. The monoisotopic (exact) mass is 178 g/mol. The molecule has 0 saturated carbocycles. The highest BCUT2D eigenvalue weighted by molar-refractivity contribution is 5.40. The van der Waals surface area contributed by atoms with Crippen molar-refractivity contribution in [3.05, 3.63) is 24.0 Å². The SMILES string of the molecule is COCCOc1cnccc1C#N. The molecule has 0 atom stereocenters. The zero-order chi connectivity index (χ0) is 9.52. The fourth-order valence-electron chi connectivity index (χ4n) is 0.822. The molecule has 1 aromatic rings. The van der Waals surface area contributed by atoms with Crippen molar-refractivity contribution in [1.82, 2.24) is 4.98 Å². The first-order valence-corrected chi connectivity index (χ1v) is 3.84. The molecule has 4 nitrogen and oxygen atoms in total. The highest BCUT2D eigenvalue weighted by Gasteiger charge is 2.00. The van der Waals surface area contributed by atoms with E-state index in [1.165, 1.54) is 6.20 Å². The van der Waals surface area contributed by atoms with Gasteiger partial charge in [0.05, 0.1) is 18.4 Å². The van der Waals surface area contributed by atoms with Gasteiger partial charge >= 0.3 is 0 Å². The number of aromatic nitrogens is 1. The third kappa shape index (κ3) is 2.73. The normalized spacial score (nSPS) is 9.23. The van der Waals surface area contributed by atoms with Crippen molar-refractivity contribution in [3.63, 3.8) is 0 Å². The highest BCUT2D eigenvalue weighted by atomic mass is 16.5. The molecule has 0 unspecified atom stereocenters. The van der Waals surface area contributed by atoms with E-state index in [9.17, 15) is 0 Å². The molecule has 4 heteroatoms. The van der Waals surface area contributed by atoms with Crippen LogP contribution in [-0.2, 0) is 4.74 Å². The van der Waals surface area contributed by atoms with Crippen molar-refractivity contribution < 1.29 is 9.47 Å². The van der Waals surface area contributed by atoms with Gasteiger partial charge in [0.15, 0.2) is 5.75 Å². The van der Waals surface area contributed by atoms with E-state index in [4.69, 9.17) is 14.7 Å². The van der Waals surface area contributed by atoms with E-state index in [2.05, 4.69) is 4.98 Å². The van der Waals surface area contributed by atoms with Gasteiger partial charge in [-0.2, -0.15) is 5.26 Å². The maximum absolute atomic E-state index is 8.69. The Morgan fingerprint density at radius 1 is 1.54 bits per heavy atom. The summed E-state index contributed by atoms with van der Waals surface area (Å²) in [5.41, 5.74) is 0.492. The summed E-state index contributed by atoms with van der Waals surface area (Å²) in [6, 6.07) is 3.63. The van der Waals surface area contributed by atoms with Gasteiger partial charge in [-0.25, -0.2) is 0 Å². The first-order chi connectivity index (χ1) is 6.38. The molecule has 0 bridgehead atoms. The summed E-state index contributed by atoms with van der Waals surface area (Å²) in [6.07, 6.45) is 3.08. The van der Waals surface area contributed by atoms with Gasteiger partial charge in [0.25, 0.3) is 0 Å². The molecule has 0 radical (unpaired) electrons. The van der Waals surface area contributed by atoms with Crippen molar-refractivity contribution in [2.24, 2.45) is 0 Å². The topological polar surface area (TPSA) is 55.1 Å². The molecule has 0 amide bonds. The van der Waals surface area contributed by atoms with Crippen LogP contribution in [0.25, 0.3) is 0 Å². The average molecular weight is 178 g/mol. The first-order valence-electron chi connectivity index (χ1n) is 3.84. The minimum Gasteiger partial charge on any atom is -0.488 e. The van der Waals surface area contributed by atoms with Crippen molar-refractivity contribution in [2.45, 2.75) is 0 Å². The number of ether oxygens (including phenoxy) is 2. The van der Waals surface area contributed by atoms with Crippen LogP contribution in [0.2, 0.25) is 0 Å². The molecule has 13 heavy (non-hydrogen) atoms. The number of rotatable bonds is 4. The lowest BCUT2D eigenvalue weighted by molar-refractivity contribution is 0.146. The molecule has 0 aromatic carbocycles. The molecular formula is C9H10N2O2. The predicted octanol–water partition coefficient (Wildman–Crippen LogP) is 0.978. The van der Waals surface area contributed by atoms with E-state index in [0.717, 1.165) is 0 Å². The summed E-state index contributed by atoms with van der Waals surface area (Å²) >= 11 is 0. The first kappa shape index (κ1) is 9.49. The maximum atomic E-state index is 8.69. The van der Waals surface area contributed by atoms with Gasteiger partial charge in [0, 0.05) is 13.3 Å². The molecule has 0 aliphatic heterocycles. The van der Waals surface area contributed by atoms with Crippen LogP contribution < -0.4 is 4.74 Å². The molecule has 1 rings (SSSR count). The summed E-state index contributed by atoms with van der Waals surface area (Å²) in [5, 5.41) is 8.69. The summed E-state index contributed by atoms with van der Waals surface area (Å²) < 4.78 is 10.1. The van der Waals surface area contributed by atoms with E-state index in [1.807, 2.05) is 6.07 Å². The van der Waals surface area contributed by atoms with E-state index >= 15 is 0 Å². The van der Waals surface area contributed by atoms with Crippen LogP contribution in [0, 0.1) is 11.3 Å². The highest BCUT2D eigenvalue weighted by Crippen LogP contribution is 2.14. The van der Waals surface area contributed by atoms with Crippen molar-refractivity contribution in [2.75, 3.05) is 20.3 Å². The Hall–Kier alpha value is -1.60. The molecule has 0 aliphatic carbocycles. The van der Waals surface area contributed by atoms with Gasteiger partial charge in [-0.05, 0) is 6.07 Å². The second-order valence-corrected chi connectivity index (χ2v) is 2.32. The summed E-state index contributed by atoms with van der Waals surface area (Å²) in [7, 11) is 1.60. The molecule has 1 aromatic heterocycles. The third-order valence-electron chi connectivity index (χ3n) is 1.45. The standard InChI is InChI=1S/C9H10N2O2/c1-12-4-5-13-9-7-11-3-2-8(9)6-10/h2-3,7H,4-5H2,1H3. The lowest BCUT2D eigenvalue weighted by Crippen LogP contribution is -2.05. The van der Waals surface area contributed by atoms with E-state index < -0.39 is 0 Å². The fourth-order valence-corrected chi connectivity index (χ4v) is 0.822. The van der Waals surface area contributed by atoms with Crippen LogP contribution in [0.1, 0.15) is 5.56 Å². The van der Waals surface area contributed by atoms with E-state index in [1.54, 1.807) is 19.4 Å². The van der Waals surface area contributed by atoms with E-state index in [0.29, 0.717) is 24.5 Å². The summed E-state index contributed by atoms with van der Waals surface area (Å²) in [4.78, 5) is 3.86. The van der Waals surface area contributed by atoms with Gasteiger partial charge in [0.2, 0.25) is 0 Å². The smallest absolute Gasteiger partial charge is 0.155 e. The molecular weight excluding hydrogens is 168 g/mol. The van der Waals surface area contributed by atoms with Crippen LogP contribution in [-0.4, -0.2) is 25.3 Å². The number of nitrogens with zero attached hydrogens (tertiary/aromatic N) is 2. The van der Waals surface area contributed by atoms with Gasteiger partial charge in [-0.1, -0.05) is 0 Å². The second-order valence-electron chi connectivity index (χ2n) is 2.32. The zero-order valence-corrected chi connectivity index (χ0v) is 7.36. The van der Waals surface area contributed by atoms with Crippen LogP contribution >= 0.6 is 0 Å². The summed E-state index contributed by atoms with van der Waals surface area (Å²) in [6.45, 7) is 0.927. The van der Waals surface area contributed by atoms with Crippen LogP contribution in [0.4, 0.5) is 0 Å². The Balaban J connectivity index is 2.60. The van der Waals surface area contributed by atoms with Crippen LogP contribution in [0.5, 0.6) is 5.75 Å². The number of hydrogen-bond acceptors (Lipinski definition) is 4. The van der Waals surface area contributed by atoms with Gasteiger partial charge in [-0.15, -0.1) is 0 Å². The molecule has 0 N–H and O–H groups in total. The molecule has 0 aliphatic rings. The molecule has 0 spiro atoms. The third-order valence-corrected chi connectivity index (χ3v) is 1.45. The predicted molar refractivity (Wildman–Crippen MR) is 46.3 cm³/mol. The van der Waals surface area contributed by atoms with Crippen molar-refractivity contribution in [3.8, 4) is 11.8 Å². The van der Waals surface area contributed by atoms with Gasteiger partial charge in [-0.3, -0.25) is 4.98 Å². The number of nitriles is 1. The second kappa shape index (κ2) is 5.12. The Morgan fingerprint density at radius 2 is 2.38 bits per heavy atom. The minimum absolute atomic E-state index is 0.427. The van der Waals surface area contributed by atoms with Crippen molar-refractivity contribution >= 4 is 0 Å². The number of pyridine rings is 1. The average Bonchev–Trinajstić information content (AvgIpc) is 2.19. The minimum atomic E-state index is 0.427. The zero-order valence-electron chi connectivity index (χ0n) is 7.36. The van der Waals surface area contributed by atoms with Gasteiger partial charge in [0.1, 0.15) is 12.7 Å². The molecule has 1 heterocycles. The van der Waals surface area contributed by atoms with Gasteiger partial charge < -0.3 is 9.47 Å². The van der Waals surface area contributed by atoms with Crippen LogP contribution in [0.3, 0.4) is 0 Å². The lowest BCUT2D eigenvalue weighted by atomic mass is 10.3. The lowest BCUT2D eigenvalue weighted by Gasteiger charge is -2.05. The van der Waals surface area contributed by atoms with Crippen molar-refractivity contribution in [1.29, 1.82) is 5.26 Å². The Labute approximate surface area is 76.7 Å². The fraction of sp³-hybridized carbons (Fsp3) is 0.333. The van der Waals surface area contributed by atoms with Crippen LogP contribution in [0.15, 0.2) is 18.5 Å². The molecule has 0 saturated heterocycles. The largest absolute Gasteiger partial charge is 0.488 e. The maximum Gasteiger partial charge on any atom is 0.155 e. The number of methoxy groups -OCH3 is 1. The summed E-state index contributed by atoms with van der Waals surface area (Å²) in [5.74, 6) is 0.502.